The van der Waals surface area contributed by atoms with Crippen molar-refractivity contribution in [2.24, 2.45) is 0 Å². The summed E-state index contributed by atoms with van der Waals surface area (Å²) in [5.41, 5.74) is 4.53. The first-order valence-electron chi connectivity index (χ1n) is 11.4. The summed E-state index contributed by atoms with van der Waals surface area (Å²) in [5.74, 6) is 2.22. The van der Waals surface area contributed by atoms with Crippen LogP contribution in [0.3, 0.4) is 0 Å². The molecule has 35 heavy (non-hydrogen) atoms. The third-order valence-corrected chi connectivity index (χ3v) is 5.37. The van der Waals surface area contributed by atoms with Crippen LogP contribution in [0.25, 0.3) is 5.82 Å². The molecule has 0 unspecified atom stereocenters. The predicted molar refractivity (Wildman–Crippen MR) is 138 cm³/mol. The quantitative estimate of drug-likeness (QED) is 0.356. The summed E-state index contributed by atoms with van der Waals surface area (Å²) in [6, 6.07) is 18.4. The second kappa shape index (κ2) is 9.58. The summed E-state index contributed by atoms with van der Waals surface area (Å²) in [6.07, 6.45) is 0. The number of benzene rings is 2. The van der Waals surface area contributed by atoms with Gasteiger partial charge in [0.1, 0.15) is 11.6 Å². The molecule has 8 heteroatoms. The van der Waals surface area contributed by atoms with Crippen LogP contribution in [0.2, 0.25) is 0 Å². The molecule has 2 heterocycles. The van der Waals surface area contributed by atoms with Crippen molar-refractivity contribution in [3.8, 4) is 17.4 Å². The third kappa shape index (κ3) is 6.03. The van der Waals surface area contributed by atoms with Gasteiger partial charge < -0.3 is 15.4 Å². The zero-order valence-electron chi connectivity index (χ0n) is 20.9. The van der Waals surface area contributed by atoms with Crippen LogP contribution in [0, 0.1) is 20.8 Å². The molecule has 8 nitrogen and oxygen atoms in total. The first-order chi connectivity index (χ1) is 16.6. The lowest BCUT2D eigenvalue weighted by Gasteiger charge is -2.19. The number of nitrogens with one attached hydrogen (secondary N) is 2. The average molecular weight is 471 g/mol. The van der Waals surface area contributed by atoms with Gasteiger partial charge in [-0.1, -0.05) is 32.9 Å². The van der Waals surface area contributed by atoms with Gasteiger partial charge in [0.25, 0.3) is 0 Å². The van der Waals surface area contributed by atoms with E-state index in [9.17, 15) is 4.79 Å². The molecule has 2 N–H and O–H groups in total. The lowest BCUT2D eigenvalue weighted by Crippen LogP contribution is -2.19. The fourth-order valence-corrected chi connectivity index (χ4v) is 3.62. The van der Waals surface area contributed by atoms with Gasteiger partial charge in [0.15, 0.2) is 5.82 Å². The van der Waals surface area contributed by atoms with Crippen LogP contribution >= 0.6 is 0 Å². The molecule has 0 fully saturated rings. The van der Waals surface area contributed by atoms with E-state index in [4.69, 9.17) is 4.74 Å². The molecule has 4 aromatic rings. The molecule has 0 aliphatic rings. The molecule has 0 spiro atoms. The molecule has 2 aromatic heterocycles. The van der Waals surface area contributed by atoms with Crippen LogP contribution in [0.5, 0.6) is 11.6 Å². The van der Waals surface area contributed by atoms with Crippen molar-refractivity contribution in [3.05, 3.63) is 83.4 Å². The number of carbonyl (C=O) groups is 1. The Morgan fingerprint density at radius 2 is 1.46 bits per heavy atom. The van der Waals surface area contributed by atoms with Crippen LogP contribution in [-0.4, -0.2) is 25.8 Å². The van der Waals surface area contributed by atoms with Crippen LogP contribution in [0.1, 0.15) is 43.5 Å². The van der Waals surface area contributed by atoms with Crippen molar-refractivity contribution in [2.45, 2.75) is 47.0 Å². The number of hydrogen-bond donors (Lipinski definition) is 2. The van der Waals surface area contributed by atoms with Crippen LogP contribution in [0.4, 0.5) is 16.2 Å². The molecular formula is C27H30N6O2. The van der Waals surface area contributed by atoms with Gasteiger partial charge in [0.2, 0.25) is 5.88 Å². The molecule has 0 aliphatic heterocycles. The van der Waals surface area contributed by atoms with E-state index in [2.05, 4.69) is 46.5 Å². The number of aromatic nitrogens is 4. The van der Waals surface area contributed by atoms with Crippen LogP contribution in [-0.2, 0) is 5.41 Å². The highest BCUT2D eigenvalue weighted by atomic mass is 16.5. The van der Waals surface area contributed by atoms with Crippen molar-refractivity contribution in [1.82, 2.24) is 19.7 Å². The molecule has 0 atom stereocenters. The number of ether oxygens (including phenoxy) is 1. The van der Waals surface area contributed by atoms with E-state index in [1.807, 2.05) is 51.1 Å². The fourth-order valence-electron chi connectivity index (χ4n) is 3.62. The highest BCUT2D eigenvalue weighted by Gasteiger charge is 2.13. The maximum Gasteiger partial charge on any atom is 0.323 e. The van der Waals surface area contributed by atoms with Crippen molar-refractivity contribution in [1.29, 1.82) is 0 Å². The summed E-state index contributed by atoms with van der Waals surface area (Å²) in [4.78, 5) is 21.2. The largest absolute Gasteiger partial charge is 0.439 e. The first kappa shape index (κ1) is 23.9. The third-order valence-electron chi connectivity index (χ3n) is 5.37. The minimum absolute atomic E-state index is 0.0633. The Balaban J connectivity index is 1.39. The van der Waals surface area contributed by atoms with Crippen molar-refractivity contribution >= 4 is 17.4 Å². The summed E-state index contributed by atoms with van der Waals surface area (Å²) < 4.78 is 7.70. The predicted octanol–water partition coefficient (Wildman–Crippen LogP) is 6.32. The lowest BCUT2D eigenvalue weighted by atomic mass is 9.87. The summed E-state index contributed by atoms with van der Waals surface area (Å²) in [7, 11) is 0. The molecule has 2 aromatic carbocycles. The Hall–Kier alpha value is -4.20. The van der Waals surface area contributed by atoms with Gasteiger partial charge in [0, 0.05) is 23.1 Å². The zero-order chi connectivity index (χ0) is 25.2. The Kier molecular flexibility index (Phi) is 6.55. The Morgan fingerprint density at radius 1 is 0.857 bits per heavy atom. The molecule has 0 saturated heterocycles. The molecule has 0 bridgehead atoms. The summed E-state index contributed by atoms with van der Waals surface area (Å²) in [6.45, 7) is 12.2. The van der Waals surface area contributed by atoms with Gasteiger partial charge in [-0.15, -0.1) is 0 Å². The van der Waals surface area contributed by atoms with Gasteiger partial charge in [-0.25, -0.2) is 14.5 Å². The van der Waals surface area contributed by atoms with E-state index in [0.29, 0.717) is 29.0 Å². The van der Waals surface area contributed by atoms with E-state index >= 15 is 0 Å². The Morgan fingerprint density at radius 3 is 2.00 bits per heavy atom. The molecule has 0 saturated carbocycles. The van der Waals surface area contributed by atoms with E-state index in [-0.39, 0.29) is 11.4 Å². The van der Waals surface area contributed by atoms with Crippen molar-refractivity contribution in [2.75, 3.05) is 10.6 Å². The standard InChI is InChI=1S/C27H30N6O2/c1-17-15-18(2)33(32-17)24-16-25(29-19(3)28-24)35-23-13-11-22(12-14-23)31-26(34)30-21-9-7-20(8-10-21)27(4,5)6/h7-16H,1-6H3,(H2,30,31,34). The highest BCUT2D eigenvalue weighted by Crippen LogP contribution is 2.25. The van der Waals surface area contributed by atoms with Gasteiger partial charge >= 0.3 is 6.03 Å². The van der Waals surface area contributed by atoms with E-state index < -0.39 is 0 Å². The average Bonchev–Trinajstić information content (AvgIpc) is 3.12. The zero-order valence-corrected chi connectivity index (χ0v) is 20.9. The number of hydrogen-bond acceptors (Lipinski definition) is 5. The lowest BCUT2D eigenvalue weighted by molar-refractivity contribution is 0.262. The minimum Gasteiger partial charge on any atom is -0.439 e. The minimum atomic E-state index is -0.317. The fraction of sp³-hybridized carbons (Fsp3) is 0.259. The second-order valence-electron chi connectivity index (χ2n) is 9.48. The van der Waals surface area contributed by atoms with Crippen LogP contribution in [0.15, 0.2) is 60.7 Å². The monoisotopic (exact) mass is 470 g/mol. The number of amides is 2. The molecule has 180 valence electrons. The Labute approximate surface area is 205 Å². The summed E-state index contributed by atoms with van der Waals surface area (Å²) in [5, 5.41) is 10.2. The topological polar surface area (TPSA) is 94.0 Å². The maximum absolute atomic E-state index is 12.4. The number of urea groups is 1. The molecule has 0 radical (unpaired) electrons. The Bertz CT molecular complexity index is 1340. The number of anilines is 2. The molecule has 0 aliphatic carbocycles. The normalized spacial score (nSPS) is 11.3. The molecule has 4 rings (SSSR count). The second-order valence-corrected chi connectivity index (χ2v) is 9.48. The smallest absolute Gasteiger partial charge is 0.323 e. The van der Waals surface area contributed by atoms with E-state index in [1.54, 1.807) is 35.0 Å². The molecular weight excluding hydrogens is 440 g/mol. The van der Waals surface area contributed by atoms with Gasteiger partial charge in [-0.2, -0.15) is 10.1 Å². The maximum atomic E-state index is 12.4. The summed E-state index contributed by atoms with van der Waals surface area (Å²) >= 11 is 0. The van der Waals surface area contributed by atoms with E-state index in [1.165, 1.54) is 5.56 Å². The molecule has 2 amide bonds. The van der Waals surface area contributed by atoms with Gasteiger partial charge in [-0.05, 0) is 74.2 Å². The number of rotatable bonds is 5. The van der Waals surface area contributed by atoms with E-state index in [0.717, 1.165) is 17.1 Å². The SMILES string of the molecule is Cc1cc(C)n(-c2cc(Oc3ccc(NC(=O)Nc4ccc(C(C)(C)C)cc4)cc3)nc(C)n2)n1. The van der Waals surface area contributed by atoms with Crippen LogP contribution < -0.4 is 15.4 Å². The number of aryl methyl sites for hydroxylation is 3. The van der Waals surface area contributed by atoms with Crippen molar-refractivity contribution < 1.29 is 9.53 Å². The van der Waals surface area contributed by atoms with Crippen molar-refractivity contribution in [3.63, 3.8) is 0 Å². The van der Waals surface area contributed by atoms with Gasteiger partial charge in [0.05, 0.1) is 5.69 Å². The number of carbonyl (C=O) groups excluding carboxylic acids is 1. The highest BCUT2D eigenvalue weighted by molar-refractivity contribution is 5.99. The first-order valence-corrected chi connectivity index (χ1v) is 11.4. The van der Waals surface area contributed by atoms with Gasteiger partial charge in [-0.3, -0.25) is 0 Å². The number of nitrogens with zero attached hydrogens (tertiary/aromatic N) is 4.